The molecule has 0 heterocycles. The standard InChI is InChI=1S/C29H46O2/c1-18(2)9-8-10-19(3)22-17-23(30)26-20-11-12-24-27(4,5)25(31)14-16-28(24,6)21(20)13-15-29(22,26)7/h9,12,19-22,25-26,31H,8,10-11,13-17H2,1-7H3/t19-,20-,21+,22-,25+,26-,28-,29-/m1/s1. The summed E-state index contributed by atoms with van der Waals surface area (Å²) in [6.07, 6.45) is 13.2. The molecule has 0 aliphatic heterocycles. The van der Waals surface area contributed by atoms with Gasteiger partial charge in [-0.1, -0.05) is 57.9 Å². The van der Waals surface area contributed by atoms with Crippen LogP contribution in [-0.2, 0) is 4.79 Å². The zero-order valence-corrected chi connectivity index (χ0v) is 21.1. The van der Waals surface area contributed by atoms with Crippen molar-refractivity contribution < 1.29 is 9.90 Å². The van der Waals surface area contributed by atoms with Crippen LogP contribution in [0.15, 0.2) is 23.3 Å². The molecule has 0 radical (unpaired) electrons. The Kier molecular flexibility index (Phi) is 5.90. The van der Waals surface area contributed by atoms with Crippen molar-refractivity contribution in [1.82, 2.24) is 0 Å². The number of carbonyl (C=O) groups is 1. The Hall–Kier alpha value is -0.890. The fourth-order valence-electron chi connectivity index (χ4n) is 8.92. The maximum Gasteiger partial charge on any atom is 0.137 e. The minimum absolute atomic E-state index is 0.139. The molecule has 0 aromatic carbocycles. The van der Waals surface area contributed by atoms with Crippen LogP contribution < -0.4 is 0 Å². The number of carbonyl (C=O) groups excluding carboxylic acids is 1. The van der Waals surface area contributed by atoms with E-state index in [-0.39, 0.29) is 28.3 Å². The number of allylic oxidation sites excluding steroid dienone is 3. The molecule has 3 saturated carbocycles. The van der Waals surface area contributed by atoms with E-state index < -0.39 is 0 Å². The molecule has 2 heteroatoms. The summed E-state index contributed by atoms with van der Waals surface area (Å²) in [6, 6.07) is 0. The fourth-order valence-corrected chi connectivity index (χ4v) is 8.92. The SMILES string of the molecule is CC(C)=CCC[C@@H](C)[C@H]1CC(=O)[C@H]2[C@@H]3CC=C4C(C)(C)[C@@H](O)CC[C@]4(C)[C@H]3CC[C@]12C. The summed E-state index contributed by atoms with van der Waals surface area (Å²) >= 11 is 0. The van der Waals surface area contributed by atoms with E-state index in [0.717, 1.165) is 32.1 Å². The van der Waals surface area contributed by atoms with Crippen LogP contribution in [0.5, 0.6) is 0 Å². The summed E-state index contributed by atoms with van der Waals surface area (Å²) in [4.78, 5) is 13.5. The Bertz CT molecular complexity index is 785. The van der Waals surface area contributed by atoms with E-state index in [4.69, 9.17) is 0 Å². The second-order valence-electron chi connectivity index (χ2n) is 13.0. The van der Waals surface area contributed by atoms with Crippen molar-refractivity contribution in [3.63, 3.8) is 0 Å². The minimum atomic E-state index is -0.239. The van der Waals surface area contributed by atoms with Crippen molar-refractivity contribution in [2.75, 3.05) is 0 Å². The minimum Gasteiger partial charge on any atom is -0.392 e. The molecule has 1 N–H and O–H groups in total. The second-order valence-corrected chi connectivity index (χ2v) is 13.0. The van der Waals surface area contributed by atoms with Crippen LogP contribution in [-0.4, -0.2) is 17.0 Å². The van der Waals surface area contributed by atoms with E-state index in [1.807, 2.05) is 0 Å². The smallest absolute Gasteiger partial charge is 0.137 e. The van der Waals surface area contributed by atoms with Crippen molar-refractivity contribution in [1.29, 1.82) is 0 Å². The molecule has 0 unspecified atom stereocenters. The van der Waals surface area contributed by atoms with E-state index in [9.17, 15) is 9.90 Å². The summed E-state index contributed by atoms with van der Waals surface area (Å²) in [6.45, 7) is 16.2. The lowest BCUT2D eigenvalue weighted by Crippen LogP contribution is -2.55. The van der Waals surface area contributed by atoms with Crippen molar-refractivity contribution in [3.8, 4) is 0 Å². The Labute approximate surface area is 191 Å². The maximum absolute atomic E-state index is 13.5. The predicted octanol–water partition coefficient (Wildman–Crippen LogP) is 7.12. The molecule has 4 rings (SSSR count). The Morgan fingerprint density at radius 3 is 2.58 bits per heavy atom. The highest BCUT2D eigenvalue weighted by atomic mass is 16.3. The average molecular weight is 427 g/mol. The lowest BCUT2D eigenvalue weighted by molar-refractivity contribution is -0.131. The molecule has 3 fully saturated rings. The van der Waals surface area contributed by atoms with Crippen LogP contribution in [0.25, 0.3) is 0 Å². The molecule has 0 aromatic heterocycles. The van der Waals surface area contributed by atoms with E-state index in [1.54, 1.807) is 0 Å². The van der Waals surface area contributed by atoms with Crippen molar-refractivity contribution in [2.24, 2.45) is 45.8 Å². The monoisotopic (exact) mass is 426 g/mol. The third-order valence-electron chi connectivity index (χ3n) is 10.6. The van der Waals surface area contributed by atoms with Gasteiger partial charge in [-0.3, -0.25) is 4.79 Å². The van der Waals surface area contributed by atoms with Gasteiger partial charge in [-0.25, -0.2) is 0 Å². The Morgan fingerprint density at radius 2 is 1.90 bits per heavy atom. The van der Waals surface area contributed by atoms with Gasteiger partial charge in [0.2, 0.25) is 0 Å². The molecule has 0 saturated heterocycles. The Morgan fingerprint density at radius 1 is 1.19 bits per heavy atom. The van der Waals surface area contributed by atoms with Crippen LogP contribution in [0.4, 0.5) is 0 Å². The second kappa shape index (κ2) is 7.86. The zero-order valence-electron chi connectivity index (χ0n) is 21.1. The number of hydrogen-bond donors (Lipinski definition) is 1. The van der Waals surface area contributed by atoms with Crippen LogP contribution in [0, 0.1) is 45.8 Å². The predicted molar refractivity (Wildman–Crippen MR) is 129 cm³/mol. The van der Waals surface area contributed by atoms with Gasteiger partial charge in [-0.15, -0.1) is 0 Å². The van der Waals surface area contributed by atoms with Crippen LogP contribution >= 0.6 is 0 Å². The highest BCUT2D eigenvalue weighted by molar-refractivity contribution is 5.85. The van der Waals surface area contributed by atoms with Crippen molar-refractivity contribution in [3.05, 3.63) is 23.3 Å². The molecular formula is C29H46O2. The lowest BCUT2D eigenvalue weighted by Gasteiger charge is -2.60. The molecule has 4 aliphatic carbocycles. The van der Waals surface area contributed by atoms with Crippen molar-refractivity contribution >= 4 is 5.78 Å². The van der Waals surface area contributed by atoms with Gasteiger partial charge in [0.25, 0.3) is 0 Å². The molecule has 8 atom stereocenters. The average Bonchev–Trinajstić information content (AvgIpc) is 2.96. The summed E-state index contributed by atoms with van der Waals surface area (Å²) in [5.74, 6) is 3.06. The molecule has 174 valence electrons. The third-order valence-corrected chi connectivity index (χ3v) is 10.6. The zero-order chi connectivity index (χ0) is 22.8. The van der Waals surface area contributed by atoms with Gasteiger partial charge >= 0.3 is 0 Å². The molecular weight excluding hydrogens is 380 g/mol. The largest absolute Gasteiger partial charge is 0.392 e. The number of ketones is 1. The highest BCUT2D eigenvalue weighted by Gasteiger charge is 2.63. The Balaban J connectivity index is 1.61. The van der Waals surface area contributed by atoms with Gasteiger partial charge in [0.1, 0.15) is 5.78 Å². The van der Waals surface area contributed by atoms with Gasteiger partial charge < -0.3 is 5.11 Å². The first kappa shape index (κ1) is 23.3. The summed E-state index contributed by atoms with van der Waals surface area (Å²) in [5, 5.41) is 10.7. The van der Waals surface area contributed by atoms with E-state index in [1.165, 1.54) is 30.4 Å². The summed E-state index contributed by atoms with van der Waals surface area (Å²) in [7, 11) is 0. The van der Waals surface area contributed by atoms with E-state index >= 15 is 0 Å². The maximum atomic E-state index is 13.5. The molecule has 0 aromatic rings. The van der Waals surface area contributed by atoms with Crippen LogP contribution in [0.1, 0.15) is 99.8 Å². The molecule has 4 aliphatic rings. The fraction of sp³-hybridized carbons (Fsp3) is 0.828. The molecule has 2 nitrogen and oxygen atoms in total. The number of rotatable bonds is 4. The summed E-state index contributed by atoms with van der Waals surface area (Å²) in [5.41, 5.74) is 3.08. The first-order valence-corrected chi connectivity index (χ1v) is 13.0. The van der Waals surface area contributed by atoms with Gasteiger partial charge in [-0.05, 0) is 93.3 Å². The molecule has 0 bridgehead atoms. The summed E-state index contributed by atoms with van der Waals surface area (Å²) < 4.78 is 0. The van der Waals surface area contributed by atoms with Gasteiger partial charge in [-0.2, -0.15) is 0 Å². The van der Waals surface area contributed by atoms with E-state index in [0.29, 0.717) is 29.5 Å². The highest BCUT2D eigenvalue weighted by Crippen LogP contribution is 2.68. The molecule has 0 spiro atoms. The third kappa shape index (κ3) is 3.51. The van der Waals surface area contributed by atoms with Gasteiger partial charge in [0.15, 0.2) is 0 Å². The van der Waals surface area contributed by atoms with Crippen LogP contribution in [0.2, 0.25) is 0 Å². The normalized spacial score (nSPS) is 44.6. The van der Waals surface area contributed by atoms with Gasteiger partial charge in [0.05, 0.1) is 6.10 Å². The molecule has 0 amide bonds. The lowest BCUT2D eigenvalue weighted by atomic mass is 9.44. The first-order chi connectivity index (χ1) is 14.4. The number of aliphatic hydroxyl groups is 1. The molecule has 31 heavy (non-hydrogen) atoms. The van der Waals surface area contributed by atoms with E-state index in [2.05, 4.69) is 60.6 Å². The number of hydrogen-bond acceptors (Lipinski definition) is 2. The first-order valence-electron chi connectivity index (χ1n) is 13.0. The topological polar surface area (TPSA) is 37.3 Å². The number of aliphatic hydroxyl groups excluding tert-OH is 1. The quantitative estimate of drug-likeness (QED) is 0.486. The van der Waals surface area contributed by atoms with Crippen LogP contribution in [0.3, 0.4) is 0 Å². The number of fused-ring (bicyclic) bond motifs is 5. The van der Waals surface area contributed by atoms with Gasteiger partial charge in [0, 0.05) is 17.8 Å². The number of Topliss-reactive ketones (excluding diaryl/α,β-unsaturated/α-hetero) is 1. The van der Waals surface area contributed by atoms with Crippen molar-refractivity contribution in [2.45, 2.75) is 106 Å².